The van der Waals surface area contributed by atoms with Gasteiger partial charge in [0.05, 0.1) is 32.7 Å². The number of hydrogen-bond acceptors (Lipinski definition) is 1. The number of amides is 1. The monoisotopic (exact) mass is 549 g/mol. The van der Waals surface area contributed by atoms with Crippen molar-refractivity contribution < 1.29 is 9.28 Å². The molecular weight excluding hydrogens is 496 g/mol. The van der Waals surface area contributed by atoms with Gasteiger partial charge in [-0.15, -0.1) is 0 Å². The van der Waals surface area contributed by atoms with E-state index in [0.29, 0.717) is 5.91 Å². The summed E-state index contributed by atoms with van der Waals surface area (Å²) in [5, 5.41) is 0. The van der Waals surface area contributed by atoms with E-state index in [2.05, 4.69) is 58.9 Å². The molecule has 0 bridgehead atoms. The quantitative estimate of drug-likeness (QED) is 0.124. The summed E-state index contributed by atoms with van der Waals surface area (Å²) in [4.78, 5) is 14.9. The second-order valence-corrected chi connectivity index (χ2v) is 11.9. The molecule has 1 aromatic carbocycles. The molecule has 1 fully saturated rings. The number of rotatable bonds is 19. The number of hydrogen-bond donors (Lipinski definition) is 0. The maximum atomic E-state index is 12.7. The Hall–Kier alpha value is -0.870. The largest absolute Gasteiger partial charge is 0.331 e. The van der Waals surface area contributed by atoms with Gasteiger partial charge in [-0.05, 0) is 25.5 Å². The highest BCUT2D eigenvalue weighted by Crippen LogP contribution is 2.21. The van der Waals surface area contributed by atoms with Crippen LogP contribution >= 0.6 is 15.9 Å². The fourth-order valence-electron chi connectivity index (χ4n) is 5.51. The second kappa shape index (κ2) is 18.4. The number of unbranched alkanes of at least 4 members (excludes halogenated alkanes) is 14. The normalized spacial score (nSPS) is 15.5. The van der Waals surface area contributed by atoms with Crippen LogP contribution in [0.1, 0.15) is 122 Å². The molecule has 0 spiro atoms. The van der Waals surface area contributed by atoms with Crippen LogP contribution in [-0.2, 0) is 11.3 Å². The first-order valence-electron chi connectivity index (χ1n) is 15.0. The number of quaternary nitrogens is 1. The summed E-state index contributed by atoms with van der Waals surface area (Å²) in [6.07, 6.45) is 21.3. The van der Waals surface area contributed by atoms with Crippen LogP contribution in [0.5, 0.6) is 0 Å². The van der Waals surface area contributed by atoms with Gasteiger partial charge in [0.25, 0.3) is 0 Å². The zero-order valence-corrected chi connectivity index (χ0v) is 24.6. The van der Waals surface area contributed by atoms with E-state index < -0.39 is 0 Å². The van der Waals surface area contributed by atoms with Gasteiger partial charge in [-0.2, -0.15) is 0 Å². The summed E-state index contributed by atoms with van der Waals surface area (Å²) < 4.78 is 2.24. The number of carbonyl (C=O) groups is 1. The Morgan fingerprint density at radius 1 is 0.743 bits per heavy atom. The van der Waals surface area contributed by atoms with Gasteiger partial charge >= 0.3 is 0 Å². The van der Waals surface area contributed by atoms with Crippen molar-refractivity contribution in [3.05, 3.63) is 34.3 Å². The van der Waals surface area contributed by atoms with E-state index in [-0.39, 0.29) is 0 Å². The van der Waals surface area contributed by atoms with Gasteiger partial charge in [-0.1, -0.05) is 125 Å². The minimum absolute atomic E-state index is 0.386. The van der Waals surface area contributed by atoms with Gasteiger partial charge in [0.15, 0.2) is 0 Å². The highest BCUT2D eigenvalue weighted by atomic mass is 79.9. The predicted molar refractivity (Wildman–Crippen MR) is 155 cm³/mol. The second-order valence-electron chi connectivity index (χ2n) is 11.0. The van der Waals surface area contributed by atoms with Crippen molar-refractivity contribution in [2.75, 3.05) is 32.7 Å². The van der Waals surface area contributed by atoms with Crippen LogP contribution in [-0.4, -0.2) is 48.0 Å². The molecule has 2 rings (SSSR count). The number of benzene rings is 1. The van der Waals surface area contributed by atoms with Crippen molar-refractivity contribution in [1.82, 2.24) is 4.90 Å². The smallest absolute Gasteiger partial charge is 0.222 e. The van der Waals surface area contributed by atoms with Crippen molar-refractivity contribution >= 4 is 21.8 Å². The first kappa shape index (κ1) is 30.4. The molecule has 0 aromatic heterocycles. The number of carbonyl (C=O) groups excluding carboxylic acids is 1. The van der Waals surface area contributed by atoms with Crippen LogP contribution in [0, 0.1) is 0 Å². The third-order valence-electron chi connectivity index (χ3n) is 8.14. The Morgan fingerprint density at radius 3 is 1.66 bits per heavy atom. The third-order valence-corrected chi connectivity index (χ3v) is 8.67. The Labute approximate surface area is 225 Å². The molecule has 0 N–H and O–H groups in total. The Bertz CT molecular complexity index is 667. The van der Waals surface area contributed by atoms with E-state index in [1.807, 2.05) is 0 Å². The molecule has 3 nitrogen and oxygen atoms in total. The molecule has 1 aliphatic heterocycles. The van der Waals surface area contributed by atoms with Crippen molar-refractivity contribution in [1.29, 1.82) is 0 Å². The standard InChI is InChI=1S/C31H54BrN2O/c1-3-5-6-7-8-9-10-11-12-13-14-15-16-17-18-19-31(35)33-24-26-34(4-2,27-25-33)28-29-20-22-30(32)23-21-29/h20-23H,3-19,24-28H2,1-2H3/q+1. The summed E-state index contributed by atoms with van der Waals surface area (Å²) in [6.45, 7) is 10.8. The Kier molecular flexibility index (Phi) is 15.9. The van der Waals surface area contributed by atoms with Crippen LogP contribution in [0.15, 0.2) is 28.7 Å². The lowest BCUT2D eigenvalue weighted by Crippen LogP contribution is -2.59. The number of piperazine rings is 1. The summed E-state index contributed by atoms with van der Waals surface area (Å²) in [6, 6.07) is 8.73. The summed E-state index contributed by atoms with van der Waals surface area (Å²) >= 11 is 3.53. The van der Waals surface area contributed by atoms with E-state index in [0.717, 1.165) is 61.1 Å². The lowest BCUT2D eigenvalue weighted by atomic mass is 10.0. The molecule has 1 saturated heterocycles. The Balaban J connectivity index is 1.45. The molecular formula is C31H54BrN2O+. The van der Waals surface area contributed by atoms with Gasteiger partial charge < -0.3 is 9.38 Å². The highest BCUT2D eigenvalue weighted by Gasteiger charge is 2.33. The highest BCUT2D eigenvalue weighted by molar-refractivity contribution is 9.10. The van der Waals surface area contributed by atoms with E-state index >= 15 is 0 Å². The van der Waals surface area contributed by atoms with Crippen LogP contribution < -0.4 is 0 Å². The van der Waals surface area contributed by atoms with Gasteiger partial charge in [-0.25, -0.2) is 0 Å². The zero-order chi connectivity index (χ0) is 25.2. The van der Waals surface area contributed by atoms with Crippen LogP contribution in [0.3, 0.4) is 0 Å². The average molecular weight is 551 g/mol. The molecule has 1 heterocycles. The first-order chi connectivity index (χ1) is 17.1. The van der Waals surface area contributed by atoms with Gasteiger partial charge in [0.1, 0.15) is 6.54 Å². The maximum Gasteiger partial charge on any atom is 0.222 e. The molecule has 0 radical (unpaired) electrons. The molecule has 0 atom stereocenters. The van der Waals surface area contributed by atoms with Gasteiger partial charge in [-0.3, -0.25) is 4.79 Å². The summed E-state index contributed by atoms with van der Waals surface area (Å²) in [5.41, 5.74) is 1.40. The fourth-order valence-corrected chi connectivity index (χ4v) is 5.77. The van der Waals surface area contributed by atoms with Crippen molar-refractivity contribution in [2.45, 2.75) is 123 Å². The van der Waals surface area contributed by atoms with Crippen molar-refractivity contribution in [3.8, 4) is 0 Å². The SMILES string of the molecule is CCCCCCCCCCCCCCCCCC(=O)N1CC[N+](CC)(Cc2ccc(Br)cc2)CC1. The van der Waals surface area contributed by atoms with E-state index in [9.17, 15) is 4.79 Å². The minimum atomic E-state index is 0.386. The predicted octanol–water partition coefficient (Wildman–Crippen LogP) is 8.89. The summed E-state index contributed by atoms with van der Waals surface area (Å²) in [7, 11) is 0. The first-order valence-corrected chi connectivity index (χ1v) is 15.7. The number of likely N-dealkylation sites (N-methyl/N-ethyl adjacent to an activating group) is 1. The topological polar surface area (TPSA) is 20.3 Å². The zero-order valence-electron chi connectivity index (χ0n) is 23.0. The lowest BCUT2D eigenvalue weighted by Gasteiger charge is -2.44. The van der Waals surface area contributed by atoms with Crippen LogP contribution in [0.2, 0.25) is 0 Å². The fraction of sp³-hybridized carbons (Fsp3) is 0.774. The average Bonchev–Trinajstić information content (AvgIpc) is 2.88. The maximum absolute atomic E-state index is 12.7. The van der Waals surface area contributed by atoms with E-state index in [1.165, 1.54) is 95.5 Å². The number of halogens is 1. The molecule has 1 amide bonds. The number of nitrogens with zero attached hydrogens (tertiary/aromatic N) is 2. The van der Waals surface area contributed by atoms with E-state index in [4.69, 9.17) is 0 Å². The van der Waals surface area contributed by atoms with Gasteiger partial charge in [0.2, 0.25) is 5.91 Å². The van der Waals surface area contributed by atoms with Crippen molar-refractivity contribution in [3.63, 3.8) is 0 Å². The molecule has 0 saturated carbocycles. The van der Waals surface area contributed by atoms with E-state index in [1.54, 1.807) is 0 Å². The molecule has 0 aliphatic carbocycles. The van der Waals surface area contributed by atoms with Crippen LogP contribution in [0.4, 0.5) is 0 Å². The lowest BCUT2D eigenvalue weighted by molar-refractivity contribution is -0.942. The summed E-state index contributed by atoms with van der Waals surface area (Å²) in [5.74, 6) is 0.386. The molecule has 35 heavy (non-hydrogen) atoms. The van der Waals surface area contributed by atoms with Crippen molar-refractivity contribution in [2.24, 2.45) is 0 Å². The molecule has 1 aromatic rings. The molecule has 1 aliphatic rings. The Morgan fingerprint density at radius 2 is 1.20 bits per heavy atom. The molecule has 0 unspecified atom stereocenters. The van der Waals surface area contributed by atoms with Gasteiger partial charge in [0, 0.05) is 16.5 Å². The third kappa shape index (κ3) is 12.8. The minimum Gasteiger partial charge on any atom is -0.331 e. The molecule has 200 valence electrons. The van der Waals surface area contributed by atoms with Crippen LogP contribution in [0.25, 0.3) is 0 Å². The molecule has 4 heteroatoms.